The summed E-state index contributed by atoms with van der Waals surface area (Å²) < 4.78 is 6.34. The number of carboxylic acid groups (broad SMARTS) is 2. The Bertz CT molecular complexity index is 1230. The van der Waals surface area contributed by atoms with Gasteiger partial charge in [0.1, 0.15) is 11.5 Å². The third kappa shape index (κ3) is 3.56. The molecule has 0 bridgehead atoms. The van der Waals surface area contributed by atoms with Crippen molar-refractivity contribution in [3.05, 3.63) is 87.8 Å². The van der Waals surface area contributed by atoms with Gasteiger partial charge in [0.15, 0.2) is 5.75 Å². The van der Waals surface area contributed by atoms with Crippen LogP contribution >= 0.6 is 0 Å². The molecule has 0 saturated heterocycles. The van der Waals surface area contributed by atoms with Crippen molar-refractivity contribution in [1.29, 1.82) is 0 Å². The maximum atomic E-state index is 12.2. The van der Waals surface area contributed by atoms with Gasteiger partial charge in [0, 0.05) is 43.3 Å². The number of para-hydroxylation sites is 1. The summed E-state index contributed by atoms with van der Waals surface area (Å²) >= 11 is 0. The molecule has 164 valence electrons. The summed E-state index contributed by atoms with van der Waals surface area (Å²) in [5.74, 6) is -1.03. The molecule has 1 aliphatic carbocycles. The van der Waals surface area contributed by atoms with Gasteiger partial charge in [0.05, 0.1) is 30.9 Å². The summed E-state index contributed by atoms with van der Waals surface area (Å²) in [6, 6.07) is 9.99. The van der Waals surface area contributed by atoms with Crippen LogP contribution in [0.4, 0.5) is 5.69 Å². The number of nitrogens with one attached hydrogen (secondary N) is 1. The highest BCUT2D eigenvalue weighted by molar-refractivity contribution is 6.03. The van der Waals surface area contributed by atoms with Crippen LogP contribution in [0.15, 0.2) is 65.6 Å². The molecule has 7 heteroatoms. The first-order valence-corrected chi connectivity index (χ1v) is 10.2. The molecule has 0 spiro atoms. The van der Waals surface area contributed by atoms with E-state index in [2.05, 4.69) is 0 Å². The summed E-state index contributed by atoms with van der Waals surface area (Å²) in [5.41, 5.74) is 4.60. The molecule has 0 fully saturated rings. The maximum absolute atomic E-state index is 12.2. The van der Waals surface area contributed by atoms with E-state index >= 15 is 0 Å². The lowest BCUT2D eigenvalue weighted by molar-refractivity contribution is -0.817. The second-order valence-electron chi connectivity index (χ2n) is 8.25. The van der Waals surface area contributed by atoms with Crippen LogP contribution in [-0.2, 0) is 0 Å². The number of quaternary nitrogens is 1. The van der Waals surface area contributed by atoms with Crippen LogP contribution in [0.2, 0.25) is 0 Å². The summed E-state index contributed by atoms with van der Waals surface area (Å²) in [5, 5.41) is 19.3. The third-order valence-corrected chi connectivity index (χ3v) is 5.73. The van der Waals surface area contributed by atoms with Gasteiger partial charge in [-0.3, -0.25) is 0 Å². The monoisotopic (exact) mass is 433 g/mol. The topological polar surface area (TPSA) is 91.5 Å². The number of carbonyl (C=O) groups is 2. The normalized spacial score (nSPS) is 14.8. The van der Waals surface area contributed by atoms with Crippen molar-refractivity contribution < 1.29 is 29.4 Å². The molecule has 7 nitrogen and oxygen atoms in total. The molecule has 0 unspecified atom stereocenters. The minimum atomic E-state index is -1.18. The highest BCUT2D eigenvalue weighted by Crippen LogP contribution is 2.47. The van der Waals surface area contributed by atoms with Gasteiger partial charge in [-0.25, -0.2) is 9.59 Å². The van der Waals surface area contributed by atoms with Crippen molar-refractivity contribution in [2.24, 2.45) is 0 Å². The Morgan fingerprint density at radius 2 is 1.78 bits per heavy atom. The average molecular weight is 433 g/mol. The summed E-state index contributed by atoms with van der Waals surface area (Å²) in [4.78, 5) is 26.8. The van der Waals surface area contributed by atoms with Crippen LogP contribution in [-0.4, -0.2) is 50.3 Å². The van der Waals surface area contributed by atoms with Crippen molar-refractivity contribution in [3.8, 4) is 5.75 Å². The van der Waals surface area contributed by atoms with Crippen molar-refractivity contribution in [3.63, 3.8) is 0 Å². The summed E-state index contributed by atoms with van der Waals surface area (Å²) in [7, 11) is 7.92. The van der Waals surface area contributed by atoms with E-state index in [0.717, 1.165) is 28.9 Å². The molecule has 0 radical (unpaired) electrons. The highest BCUT2D eigenvalue weighted by Gasteiger charge is 2.32. The minimum absolute atomic E-state index is 0.0624. The average Bonchev–Trinajstić information content (AvgIpc) is 2.76. The fourth-order valence-electron chi connectivity index (χ4n) is 4.06. The lowest BCUT2D eigenvalue weighted by atomic mass is 9.84. The molecule has 2 aliphatic rings. The van der Waals surface area contributed by atoms with Gasteiger partial charge in [-0.15, -0.1) is 0 Å². The molecule has 2 aromatic rings. The van der Waals surface area contributed by atoms with Crippen LogP contribution in [0.25, 0.3) is 5.57 Å². The zero-order valence-corrected chi connectivity index (χ0v) is 18.4. The summed E-state index contributed by atoms with van der Waals surface area (Å²) in [6.07, 6.45) is 4.78. The molecule has 0 saturated carbocycles. The zero-order chi connectivity index (χ0) is 23.2. The van der Waals surface area contributed by atoms with Gasteiger partial charge < -0.3 is 24.7 Å². The van der Waals surface area contributed by atoms with Gasteiger partial charge >= 0.3 is 11.9 Å². The van der Waals surface area contributed by atoms with Crippen molar-refractivity contribution in [2.75, 3.05) is 33.1 Å². The molecule has 0 aromatic heterocycles. The number of hydrogen-bond acceptors (Lipinski definition) is 4. The predicted molar refractivity (Wildman–Crippen MR) is 121 cm³/mol. The fraction of sp³-hybridized carbons (Fsp3) is 0.200. The number of allylic oxidation sites excluding steroid dienone is 2. The standard InChI is InChI=1S/C25H24N2O5/c1-26(2)15-9-11-21-19(13-15)22(17-6-5-7-20(27(3)4)23(17)32-21)16-10-8-14(24(28)29)12-18(16)25(30)31/h5-8,10-13H,9H2,1-4H3,(H,28,29)(H,30,31)/p+1. The second-order valence-corrected chi connectivity index (χ2v) is 8.25. The van der Waals surface area contributed by atoms with Crippen LogP contribution in [0, 0.1) is 0 Å². The van der Waals surface area contributed by atoms with Crippen molar-refractivity contribution in [1.82, 2.24) is 0 Å². The van der Waals surface area contributed by atoms with E-state index in [0.29, 0.717) is 22.6 Å². The lowest BCUT2D eigenvalue weighted by Gasteiger charge is -2.31. The third-order valence-electron chi connectivity index (χ3n) is 5.73. The Labute approximate surface area is 186 Å². The smallest absolute Gasteiger partial charge is 0.336 e. The largest absolute Gasteiger partial charge is 0.478 e. The number of benzene rings is 2. The molecule has 0 amide bonds. The molecule has 3 N–H and O–H groups in total. The van der Waals surface area contributed by atoms with Crippen LogP contribution in [0.5, 0.6) is 5.75 Å². The summed E-state index contributed by atoms with van der Waals surface area (Å²) in [6.45, 7) is 0. The van der Waals surface area contributed by atoms with Crippen LogP contribution in [0.1, 0.15) is 38.3 Å². The molecule has 4 rings (SSSR count). The SMILES string of the molecule is CN(C)c1cccc2c1OC1=CCC([NH+](C)C)=CC1=C2c1ccc(C(=O)O)cc1C(=O)O. The first kappa shape index (κ1) is 21.4. The highest BCUT2D eigenvalue weighted by atomic mass is 16.5. The van der Waals surface area contributed by atoms with Gasteiger partial charge in [-0.05, 0) is 29.8 Å². The molecule has 1 heterocycles. The number of anilines is 1. The lowest BCUT2D eigenvalue weighted by Crippen LogP contribution is -3.03. The quantitative estimate of drug-likeness (QED) is 0.672. The Kier molecular flexibility index (Phi) is 5.36. The van der Waals surface area contributed by atoms with Crippen molar-refractivity contribution >= 4 is 23.2 Å². The van der Waals surface area contributed by atoms with Gasteiger partial charge in [-0.1, -0.05) is 18.2 Å². The second kappa shape index (κ2) is 8.01. The van der Waals surface area contributed by atoms with Gasteiger partial charge in [-0.2, -0.15) is 0 Å². The predicted octanol–water partition coefficient (Wildman–Crippen LogP) is 2.66. The number of hydrogen-bond donors (Lipinski definition) is 3. The Hall–Kier alpha value is -3.84. The fourth-order valence-corrected chi connectivity index (χ4v) is 4.06. The number of fused-ring (bicyclic) bond motifs is 2. The Morgan fingerprint density at radius 3 is 2.41 bits per heavy atom. The van der Waals surface area contributed by atoms with Gasteiger partial charge in [0.25, 0.3) is 0 Å². The number of nitrogens with zero attached hydrogens (tertiary/aromatic N) is 1. The number of rotatable bonds is 5. The number of ether oxygens (including phenoxy) is 1. The van der Waals surface area contributed by atoms with Crippen molar-refractivity contribution in [2.45, 2.75) is 6.42 Å². The zero-order valence-electron chi connectivity index (χ0n) is 18.4. The maximum Gasteiger partial charge on any atom is 0.336 e. The van der Waals surface area contributed by atoms with E-state index < -0.39 is 11.9 Å². The first-order chi connectivity index (χ1) is 15.2. The van der Waals surface area contributed by atoms with Crippen LogP contribution in [0.3, 0.4) is 0 Å². The Balaban J connectivity index is 2.09. The van der Waals surface area contributed by atoms with E-state index in [1.165, 1.54) is 17.0 Å². The van der Waals surface area contributed by atoms with Crippen LogP contribution < -0.4 is 14.5 Å². The number of carboxylic acids is 2. The molecule has 1 aliphatic heterocycles. The molecular formula is C25H25N2O5+. The van der Waals surface area contributed by atoms with E-state index in [9.17, 15) is 19.8 Å². The number of aromatic carboxylic acids is 2. The van der Waals surface area contributed by atoms with E-state index in [1.54, 1.807) is 6.07 Å². The van der Waals surface area contributed by atoms with E-state index in [-0.39, 0.29) is 11.1 Å². The molecule has 0 atom stereocenters. The Morgan fingerprint density at radius 1 is 1.03 bits per heavy atom. The minimum Gasteiger partial charge on any atom is -0.478 e. The molecule has 2 aromatic carbocycles. The van der Waals surface area contributed by atoms with E-state index in [4.69, 9.17) is 4.74 Å². The first-order valence-electron chi connectivity index (χ1n) is 10.2. The molecule has 32 heavy (non-hydrogen) atoms. The van der Waals surface area contributed by atoms with Gasteiger partial charge in [0.2, 0.25) is 0 Å². The van der Waals surface area contributed by atoms with E-state index in [1.807, 2.05) is 63.4 Å². The molecular weight excluding hydrogens is 408 g/mol.